The van der Waals surface area contributed by atoms with Gasteiger partial charge in [-0.25, -0.2) is 4.79 Å². The minimum absolute atomic E-state index is 0.0260. The van der Waals surface area contributed by atoms with Crippen molar-refractivity contribution in [2.24, 2.45) is 0 Å². The fourth-order valence-electron chi connectivity index (χ4n) is 2.03. The van der Waals surface area contributed by atoms with Gasteiger partial charge in [-0.2, -0.15) is 0 Å². The maximum Gasteiger partial charge on any atom is 0.337 e. The van der Waals surface area contributed by atoms with Crippen molar-refractivity contribution in [2.45, 2.75) is 0 Å². The minimum Gasteiger partial charge on any atom is -0.478 e. The van der Waals surface area contributed by atoms with Gasteiger partial charge in [0.15, 0.2) is 4.32 Å². The number of furan rings is 1. The number of aromatic carboxylic acids is 1. The molecule has 1 saturated heterocycles. The molecule has 22 heavy (non-hydrogen) atoms. The van der Waals surface area contributed by atoms with Crippen LogP contribution in [0.4, 0.5) is 5.69 Å². The van der Waals surface area contributed by atoms with Gasteiger partial charge in [0.05, 0.1) is 22.4 Å². The van der Waals surface area contributed by atoms with E-state index in [1.54, 1.807) is 36.4 Å². The second kappa shape index (κ2) is 5.78. The first-order valence-corrected chi connectivity index (χ1v) is 7.44. The van der Waals surface area contributed by atoms with Crippen molar-refractivity contribution in [3.8, 4) is 0 Å². The number of carbonyl (C=O) groups is 2. The summed E-state index contributed by atoms with van der Waals surface area (Å²) in [5, 5.41) is 9.25. The zero-order valence-electron chi connectivity index (χ0n) is 11.1. The highest BCUT2D eigenvalue weighted by Crippen LogP contribution is 2.37. The van der Waals surface area contributed by atoms with Crippen LogP contribution < -0.4 is 4.90 Å². The summed E-state index contributed by atoms with van der Waals surface area (Å²) in [6, 6.07) is 9.69. The van der Waals surface area contributed by atoms with Crippen LogP contribution in [0.15, 0.2) is 52.0 Å². The van der Waals surface area contributed by atoms with Crippen molar-refractivity contribution in [3.63, 3.8) is 0 Å². The Hall–Kier alpha value is -2.38. The van der Waals surface area contributed by atoms with Gasteiger partial charge in [-0.15, -0.1) is 0 Å². The number of amides is 1. The van der Waals surface area contributed by atoms with E-state index >= 15 is 0 Å². The topological polar surface area (TPSA) is 70.8 Å². The summed E-state index contributed by atoms with van der Waals surface area (Å²) < 4.78 is 5.47. The number of benzene rings is 1. The van der Waals surface area contributed by atoms with Crippen molar-refractivity contribution in [3.05, 3.63) is 58.9 Å². The van der Waals surface area contributed by atoms with E-state index in [0.717, 1.165) is 11.8 Å². The van der Waals surface area contributed by atoms with Crippen LogP contribution in [0.1, 0.15) is 16.1 Å². The maximum atomic E-state index is 12.5. The van der Waals surface area contributed by atoms with Crippen LogP contribution in [0.2, 0.25) is 0 Å². The average Bonchev–Trinajstić information content (AvgIpc) is 3.08. The number of anilines is 1. The zero-order valence-corrected chi connectivity index (χ0v) is 12.7. The number of carboxylic acid groups (broad SMARTS) is 1. The Balaban J connectivity index is 2.01. The van der Waals surface area contributed by atoms with Crippen molar-refractivity contribution in [1.29, 1.82) is 0 Å². The van der Waals surface area contributed by atoms with Crippen molar-refractivity contribution in [1.82, 2.24) is 0 Å². The fourth-order valence-corrected chi connectivity index (χ4v) is 3.29. The van der Waals surface area contributed by atoms with Crippen molar-refractivity contribution < 1.29 is 19.1 Å². The number of carbonyl (C=O) groups excluding carboxylic acids is 1. The van der Waals surface area contributed by atoms with Crippen molar-refractivity contribution in [2.75, 3.05) is 4.90 Å². The highest BCUT2D eigenvalue weighted by Gasteiger charge is 2.35. The third-order valence-corrected chi connectivity index (χ3v) is 4.29. The lowest BCUT2D eigenvalue weighted by Gasteiger charge is -2.16. The number of hydrogen-bond acceptors (Lipinski definition) is 5. The largest absolute Gasteiger partial charge is 0.478 e. The molecular formula is C15H9NO4S2. The molecule has 0 spiro atoms. The second-order valence-corrected chi connectivity index (χ2v) is 6.03. The molecule has 7 heteroatoms. The third-order valence-electron chi connectivity index (χ3n) is 2.99. The molecule has 1 aromatic heterocycles. The van der Waals surface area contributed by atoms with Gasteiger partial charge >= 0.3 is 5.97 Å². The average molecular weight is 331 g/mol. The van der Waals surface area contributed by atoms with Crippen LogP contribution in [-0.4, -0.2) is 21.3 Å². The fraction of sp³-hybridized carbons (Fsp3) is 0. The molecule has 3 rings (SSSR count). The lowest BCUT2D eigenvalue weighted by molar-refractivity contribution is -0.113. The molecule has 1 aliphatic heterocycles. The molecule has 2 heterocycles. The Morgan fingerprint density at radius 3 is 2.73 bits per heavy atom. The van der Waals surface area contributed by atoms with Crippen LogP contribution in [0.25, 0.3) is 6.08 Å². The molecule has 1 amide bonds. The van der Waals surface area contributed by atoms with E-state index in [0.29, 0.717) is 10.7 Å². The van der Waals surface area contributed by atoms with Gasteiger partial charge in [0.2, 0.25) is 0 Å². The molecule has 0 saturated carbocycles. The van der Waals surface area contributed by atoms with E-state index in [4.69, 9.17) is 16.6 Å². The molecule has 0 atom stereocenters. The molecule has 1 N–H and O–H groups in total. The summed E-state index contributed by atoms with van der Waals surface area (Å²) >= 11 is 6.33. The number of carboxylic acids is 1. The second-order valence-electron chi connectivity index (χ2n) is 4.35. The molecule has 110 valence electrons. The number of thioether (sulfide) groups is 1. The van der Waals surface area contributed by atoms with E-state index < -0.39 is 5.97 Å². The number of rotatable bonds is 3. The zero-order chi connectivity index (χ0) is 15.7. The Morgan fingerprint density at radius 1 is 1.27 bits per heavy atom. The van der Waals surface area contributed by atoms with E-state index in [2.05, 4.69) is 0 Å². The van der Waals surface area contributed by atoms with Gasteiger partial charge in [-0.1, -0.05) is 36.1 Å². The minimum atomic E-state index is -1.11. The first-order chi connectivity index (χ1) is 10.6. The summed E-state index contributed by atoms with van der Waals surface area (Å²) in [6.07, 6.45) is 3.09. The summed E-state index contributed by atoms with van der Waals surface area (Å²) in [6.45, 7) is 0. The van der Waals surface area contributed by atoms with Gasteiger partial charge in [-0.3, -0.25) is 9.69 Å². The van der Waals surface area contributed by atoms with Gasteiger partial charge in [-0.05, 0) is 24.3 Å². The Labute approximate surface area is 135 Å². The van der Waals surface area contributed by atoms with Crippen LogP contribution in [0.5, 0.6) is 0 Å². The maximum absolute atomic E-state index is 12.5. The van der Waals surface area contributed by atoms with Gasteiger partial charge in [0, 0.05) is 6.08 Å². The molecule has 1 aliphatic rings. The lowest BCUT2D eigenvalue weighted by atomic mass is 10.1. The lowest BCUT2D eigenvalue weighted by Crippen LogP contribution is -2.29. The van der Waals surface area contributed by atoms with E-state index in [9.17, 15) is 14.7 Å². The van der Waals surface area contributed by atoms with E-state index in [1.165, 1.54) is 17.2 Å². The summed E-state index contributed by atoms with van der Waals surface area (Å²) in [5.41, 5.74) is 0.290. The normalized spacial score (nSPS) is 16.5. The van der Waals surface area contributed by atoms with E-state index in [1.807, 2.05) is 0 Å². The number of hydrogen-bond donors (Lipinski definition) is 1. The van der Waals surface area contributed by atoms with Gasteiger partial charge in [0.1, 0.15) is 5.76 Å². The highest BCUT2D eigenvalue weighted by molar-refractivity contribution is 8.27. The molecule has 0 aliphatic carbocycles. The molecule has 2 aromatic rings. The monoisotopic (exact) mass is 331 g/mol. The van der Waals surface area contributed by atoms with Crippen LogP contribution in [0.3, 0.4) is 0 Å². The number of para-hydroxylation sites is 1. The summed E-state index contributed by atoms with van der Waals surface area (Å²) in [4.78, 5) is 25.5. The predicted molar refractivity (Wildman–Crippen MR) is 87.8 cm³/mol. The summed E-state index contributed by atoms with van der Waals surface area (Å²) in [5.74, 6) is -0.938. The van der Waals surface area contributed by atoms with Crippen LogP contribution >= 0.6 is 24.0 Å². The van der Waals surface area contributed by atoms with Gasteiger partial charge < -0.3 is 9.52 Å². The molecular weight excluding hydrogens is 322 g/mol. The number of nitrogens with zero attached hydrogens (tertiary/aromatic N) is 1. The molecule has 5 nitrogen and oxygen atoms in total. The highest BCUT2D eigenvalue weighted by atomic mass is 32.2. The Bertz CT molecular complexity index is 796. The van der Waals surface area contributed by atoms with Gasteiger partial charge in [0.25, 0.3) is 5.91 Å². The first-order valence-electron chi connectivity index (χ1n) is 6.21. The first kappa shape index (κ1) is 14.6. The molecule has 1 fully saturated rings. The quantitative estimate of drug-likeness (QED) is 0.687. The van der Waals surface area contributed by atoms with Crippen LogP contribution in [0, 0.1) is 0 Å². The Kier molecular flexibility index (Phi) is 3.82. The number of thiocarbonyl (C=S) groups is 1. The smallest absolute Gasteiger partial charge is 0.337 e. The summed E-state index contributed by atoms with van der Waals surface area (Å²) in [7, 11) is 0. The molecule has 0 unspecified atom stereocenters. The van der Waals surface area contributed by atoms with Crippen LogP contribution in [-0.2, 0) is 4.79 Å². The predicted octanol–water partition coefficient (Wildman–Crippen LogP) is 3.38. The van der Waals surface area contributed by atoms with E-state index in [-0.39, 0.29) is 21.5 Å². The molecule has 1 aromatic carbocycles. The SMILES string of the molecule is O=C(O)c1ccccc1N1C(=O)/C(=C/c2ccco2)SC1=S. The standard InChI is InChI=1S/C15H9NO4S2/c17-13-12(8-9-4-3-7-20-9)22-15(21)16(13)11-6-2-1-5-10(11)14(18)19/h1-8H,(H,18,19)/b12-8-. The van der Waals surface area contributed by atoms with Crippen molar-refractivity contribution >= 4 is 51.9 Å². The third kappa shape index (κ3) is 2.56. The Morgan fingerprint density at radius 2 is 2.05 bits per heavy atom. The molecule has 0 radical (unpaired) electrons. The molecule has 0 bridgehead atoms.